The van der Waals surface area contributed by atoms with Gasteiger partial charge in [-0.3, -0.25) is 4.98 Å². The van der Waals surface area contributed by atoms with Gasteiger partial charge in [-0.05, 0) is 30.9 Å². The molecule has 1 aromatic rings. The molecule has 11 heavy (non-hydrogen) atoms. The summed E-state index contributed by atoms with van der Waals surface area (Å²) in [4.78, 5) is 5.64. The molecule has 0 fully saturated rings. The van der Waals surface area contributed by atoms with Crippen LogP contribution in [0, 0.1) is 6.26 Å². The average molecular weight is 164 g/mol. The van der Waals surface area contributed by atoms with Crippen molar-refractivity contribution in [3.63, 3.8) is 0 Å². The van der Waals surface area contributed by atoms with Crippen LogP contribution in [-0.2, 0) is 12.8 Å². The quantitative estimate of drug-likeness (QED) is 0.591. The van der Waals surface area contributed by atoms with Gasteiger partial charge in [0.15, 0.2) is 0 Å². The van der Waals surface area contributed by atoms with E-state index in [0.29, 0.717) is 0 Å². The van der Waals surface area contributed by atoms with E-state index in [1.54, 1.807) is 11.8 Å². The Kier molecular flexibility index (Phi) is 1.86. The van der Waals surface area contributed by atoms with Crippen LogP contribution in [0.3, 0.4) is 0 Å². The van der Waals surface area contributed by atoms with Crippen molar-refractivity contribution in [1.29, 1.82) is 0 Å². The molecule has 0 saturated carbocycles. The lowest BCUT2D eigenvalue weighted by atomic mass is 10.2. The third kappa shape index (κ3) is 1.16. The number of aromatic nitrogens is 1. The molecule has 0 saturated heterocycles. The van der Waals surface area contributed by atoms with E-state index in [9.17, 15) is 0 Å². The number of hydrogen-bond donors (Lipinski definition) is 0. The smallest absolute Gasteiger partial charge is 0.0446 e. The van der Waals surface area contributed by atoms with E-state index in [1.807, 2.05) is 6.20 Å². The number of aryl methyl sites for hydroxylation is 1. The second kappa shape index (κ2) is 2.86. The van der Waals surface area contributed by atoms with Crippen LogP contribution in [0.25, 0.3) is 0 Å². The summed E-state index contributed by atoms with van der Waals surface area (Å²) in [5, 5.41) is 0. The van der Waals surface area contributed by atoms with E-state index in [4.69, 9.17) is 0 Å². The average Bonchev–Trinajstić information content (AvgIpc) is 2.50. The highest BCUT2D eigenvalue weighted by molar-refractivity contribution is 8.00. The molecule has 0 N–H and O–H groups in total. The number of thioether (sulfide) groups is 1. The second-order valence-electron chi connectivity index (χ2n) is 2.73. The predicted molar refractivity (Wildman–Crippen MR) is 47.5 cm³/mol. The highest BCUT2D eigenvalue weighted by atomic mass is 32.2. The van der Waals surface area contributed by atoms with E-state index in [2.05, 4.69) is 17.3 Å². The monoisotopic (exact) mass is 164 g/mol. The Hall–Kier alpha value is -0.500. The summed E-state index contributed by atoms with van der Waals surface area (Å²) in [5.41, 5.74) is 2.73. The number of fused-ring (bicyclic) bond motifs is 1. The third-order valence-electron chi connectivity index (χ3n) is 2.10. The Morgan fingerprint density at radius 3 is 3.18 bits per heavy atom. The lowest BCUT2D eigenvalue weighted by molar-refractivity contribution is 0.897. The maximum Gasteiger partial charge on any atom is 0.0446 e. The molecule has 0 aliphatic heterocycles. The summed E-state index contributed by atoms with van der Waals surface area (Å²) < 4.78 is 0. The summed E-state index contributed by atoms with van der Waals surface area (Å²) in [6.45, 7) is 0. The molecule has 0 amide bonds. The van der Waals surface area contributed by atoms with Crippen LogP contribution in [0.5, 0.6) is 0 Å². The van der Waals surface area contributed by atoms with Gasteiger partial charge in [0.05, 0.1) is 0 Å². The molecule has 0 spiro atoms. The molecule has 1 aliphatic carbocycles. The van der Waals surface area contributed by atoms with Crippen LogP contribution >= 0.6 is 11.8 Å². The van der Waals surface area contributed by atoms with Gasteiger partial charge in [0.1, 0.15) is 0 Å². The number of rotatable bonds is 1. The van der Waals surface area contributed by atoms with Crippen LogP contribution in [0.2, 0.25) is 0 Å². The zero-order valence-electron chi connectivity index (χ0n) is 6.34. The van der Waals surface area contributed by atoms with Crippen LogP contribution in [0.1, 0.15) is 17.7 Å². The zero-order valence-corrected chi connectivity index (χ0v) is 7.16. The number of hydrogen-bond acceptors (Lipinski definition) is 2. The molecule has 1 aromatic heterocycles. The SMILES string of the molecule is [CH2]Sc1ccnc2c1CCC2. The number of pyridine rings is 1. The van der Waals surface area contributed by atoms with Gasteiger partial charge < -0.3 is 0 Å². The topological polar surface area (TPSA) is 12.9 Å². The van der Waals surface area contributed by atoms with Gasteiger partial charge in [0, 0.05) is 23.0 Å². The minimum absolute atomic E-state index is 1.16. The van der Waals surface area contributed by atoms with Crippen molar-refractivity contribution < 1.29 is 0 Å². The minimum Gasteiger partial charge on any atom is -0.261 e. The van der Waals surface area contributed by atoms with Gasteiger partial charge in [-0.1, -0.05) is 0 Å². The van der Waals surface area contributed by atoms with Crippen molar-refractivity contribution in [2.75, 3.05) is 0 Å². The van der Waals surface area contributed by atoms with Gasteiger partial charge in [-0.2, -0.15) is 0 Å². The van der Waals surface area contributed by atoms with Crippen molar-refractivity contribution in [3.8, 4) is 0 Å². The fraction of sp³-hybridized carbons (Fsp3) is 0.333. The summed E-state index contributed by atoms with van der Waals surface area (Å²) >= 11 is 1.58. The van der Waals surface area contributed by atoms with E-state index in [1.165, 1.54) is 29.0 Å². The normalized spacial score (nSPS) is 15.0. The van der Waals surface area contributed by atoms with Crippen molar-refractivity contribution >= 4 is 11.8 Å². The van der Waals surface area contributed by atoms with Gasteiger partial charge in [0.25, 0.3) is 0 Å². The van der Waals surface area contributed by atoms with Crippen LogP contribution in [0.15, 0.2) is 17.2 Å². The van der Waals surface area contributed by atoms with Gasteiger partial charge in [-0.25, -0.2) is 0 Å². The lowest BCUT2D eigenvalue weighted by Crippen LogP contribution is -1.88. The highest BCUT2D eigenvalue weighted by Gasteiger charge is 2.14. The zero-order chi connectivity index (χ0) is 7.68. The van der Waals surface area contributed by atoms with Crippen LogP contribution in [-0.4, -0.2) is 4.98 Å². The highest BCUT2D eigenvalue weighted by Crippen LogP contribution is 2.29. The standard InChI is InChI=1S/C9H10NS/c1-11-9-5-6-10-8-4-2-3-7(8)9/h5-6H,1-4H2. The van der Waals surface area contributed by atoms with Crippen molar-refractivity contribution in [2.45, 2.75) is 24.2 Å². The molecule has 0 unspecified atom stereocenters. The maximum atomic E-state index is 4.33. The fourth-order valence-corrected chi connectivity index (χ4v) is 2.12. The molecule has 2 rings (SSSR count). The summed E-state index contributed by atoms with van der Waals surface area (Å²) in [6, 6.07) is 2.06. The van der Waals surface area contributed by atoms with E-state index < -0.39 is 0 Å². The molecule has 1 radical (unpaired) electrons. The lowest BCUT2D eigenvalue weighted by Gasteiger charge is -2.02. The Labute approximate surface area is 71.2 Å². The number of nitrogens with zero attached hydrogens (tertiary/aromatic N) is 1. The summed E-state index contributed by atoms with van der Waals surface area (Å²) in [7, 11) is 0. The molecule has 2 heteroatoms. The fourth-order valence-electron chi connectivity index (χ4n) is 1.57. The van der Waals surface area contributed by atoms with Crippen molar-refractivity contribution in [1.82, 2.24) is 4.98 Å². The molecular weight excluding hydrogens is 154 g/mol. The van der Waals surface area contributed by atoms with Crippen LogP contribution < -0.4 is 0 Å². The van der Waals surface area contributed by atoms with Crippen molar-refractivity contribution in [2.24, 2.45) is 0 Å². The molecule has 0 atom stereocenters. The molecule has 1 nitrogen and oxygen atoms in total. The van der Waals surface area contributed by atoms with Gasteiger partial charge >= 0.3 is 0 Å². The molecular formula is C9H10NS. The predicted octanol–water partition coefficient (Wildman–Crippen LogP) is 2.45. The van der Waals surface area contributed by atoms with E-state index >= 15 is 0 Å². The van der Waals surface area contributed by atoms with Crippen molar-refractivity contribution in [3.05, 3.63) is 29.8 Å². The van der Waals surface area contributed by atoms with Gasteiger partial charge in [-0.15, -0.1) is 11.8 Å². The summed E-state index contributed by atoms with van der Waals surface area (Å²) in [5.74, 6) is 0. The van der Waals surface area contributed by atoms with Gasteiger partial charge in [0.2, 0.25) is 0 Å². The van der Waals surface area contributed by atoms with E-state index in [0.717, 1.165) is 6.42 Å². The molecule has 0 bridgehead atoms. The molecule has 0 aromatic carbocycles. The Bertz CT molecular complexity index is 270. The second-order valence-corrected chi connectivity index (χ2v) is 3.46. The molecule has 1 aliphatic rings. The molecule has 1 heterocycles. The first-order valence-corrected chi connectivity index (χ1v) is 4.79. The maximum absolute atomic E-state index is 4.33. The minimum atomic E-state index is 1.16. The Morgan fingerprint density at radius 2 is 2.36 bits per heavy atom. The first-order chi connectivity index (χ1) is 5.42. The van der Waals surface area contributed by atoms with Crippen LogP contribution in [0.4, 0.5) is 0 Å². The Morgan fingerprint density at radius 1 is 1.45 bits per heavy atom. The first-order valence-electron chi connectivity index (χ1n) is 3.80. The summed E-state index contributed by atoms with van der Waals surface area (Å²) in [6.07, 6.45) is 9.32. The third-order valence-corrected chi connectivity index (χ3v) is 2.79. The molecule has 57 valence electrons. The van der Waals surface area contributed by atoms with E-state index in [-0.39, 0.29) is 0 Å². The Balaban J connectivity index is 2.50. The largest absolute Gasteiger partial charge is 0.261 e. The first kappa shape index (κ1) is 7.17.